The third kappa shape index (κ3) is 1.75. The molecule has 0 saturated carbocycles. The van der Waals surface area contributed by atoms with Crippen molar-refractivity contribution in [1.29, 1.82) is 0 Å². The Labute approximate surface area is 93.0 Å². The Balaban J connectivity index is 2.58. The van der Waals surface area contributed by atoms with Gasteiger partial charge in [0.2, 0.25) is 0 Å². The van der Waals surface area contributed by atoms with Crippen molar-refractivity contribution < 1.29 is 0 Å². The van der Waals surface area contributed by atoms with Crippen LogP contribution in [-0.4, -0.2) is 9.78 Å². The van der Waals surface area contributed by atoms with Gasteiger partial charge in [-0.1, -0.05) is 18.2 Å². The highest BCUT2D eigenvalue weighted by atomic mass is 16.1. The molecule has 0 atom stereocenters. The van der Waals surface area contributed by atoms with Gasteiger partial charge >= 0.3 is 0 Å². The first-order chi connectivity index (χ1) is 7.74. The number of nitrogens with zero attached hydrogens (tertiary/aromatic N) is 2. The van der Waals surface area contributed by atoms with Gasteiger partial charge in [0.05, 0.1) is 12.3 Å². The second-order valence-electron chi connectivity index (χ2n) is 3.41. The minimum absolute atomic E-state index is 0.120. The Bertz CT molecular complexity index is 601. The first kappa shape index (κ1) is 10.2. The second kappa shape index (κ2) is 4.07. The Morgan fingerprint density at radius 1 is 1.44 bits per heavy atom. The smallest absolute Gasteiger partial charge is 0.264 e. The van der Waals surface area contributed by atoms with Crippen LogP contribution in [-0.2, 0) is 6.54 Å². The number of hydrogen-bond acceptors (Lipinski definition) is 1. The molecule has 4 nitrogen and oxygen atoms in total. The van der Waals surface area contributed by atoms with E-state index in [2.05, 4.69) is 9.94 Å². The molecular weight excluding hydrogens is 202 g/mol. The molecule has 1 aromatic carbocycles. The number of nitrogens with one attached hydrogen (secondary N) is 1. The van der Waals surface area contributed by atoms with E-state index in [0.29, 0.717) is 12.2 Å². The molecule has 0 unspecified atom stereocenters. The lowest BCUT2D eigenvalue weighted by atomic mass is 10.1. The van der Waals surface area contributed by atoms with Crippen LogP contribution in [0.25, 0.3) is 16.1 Å². The van der Waals surface area contributed by atoms with Crippen molar-refractivity contribution in [2.45, 2.75) is 13.5 Å². The van der Waals surface area contributed by atoms with E-state index in [1.165, 1.54) is 0 Å². The second-order valence-corrected chi connectivity index (χ2v) is 3.41. The zero-order valence-corrected chi connectivity index (χ0v) is 8.90. The highest BCUT2D eigenvalue weighted by molar-refractivity contribution is 5.65. The topological polar surface area (TPSA) is 42.1 Å². The number of aryl methyl sites for hydroxylation is 1. The fourth-order valence-corrected chi connectivity index (χ4v) is 1.65. The van der Waals surface area contributed by atoms with E-state index >= 15 is 0 Å². The molecule has 1 aromatic heterocycles. The minimum atomic E-state index is -0.120. The predicted molar refractivity (Wildman–Crippen MR) is 62.4 cm³/mol. The summed E-state index contributed by atoms with van der Waals surface area (Å²) in [5.41, 5.74) is 2.16. The van der Waals surface area contributed by atoms with Gasteiger partial charge in [0.1, 0.15) is 0 Å². The summed E-state index contributed by atoms with van der Waals surface area (Å²) in [7, 11) is 0. The van der Waals surface area contributed by atoms with E-state index in [9.17, 15) is 4.79 Å². The Morgan fingerprint density at radius 2 is 2.25 bits per heavy atom. The van der Waals surface area contributed by atoms with Gasteiger partial charge in [0.15, 0.2) is 5.69 Å². The monoisotopic (exact) mass is 213 g/mol. The summed E-state index contributed by atoms with van der Waals surface area (Å²) < 4.78 is 1.77. The number of hydrogen-bond donors (Lipinski definition) is 1. The SMILES string of the molecule is [C-]#[N+]c1cccc(-c2cc(=O)[nH]n2CC)c1. The van der Waals surface area contributed by atoms with Gasteiger partial charge in [-0.3, -0.25) is 14.6 Å². The normalized spacial score (nSPS) is 10.0. The van der Waals surface area contributed by atoms with E-state index < -0.39 is 0 Å². The number of aromatic amines is 1. The predicted octanol–water partition coefficient (Wildman–Crippen LogP) is 2.41. The van der Waals surface area contributed by atoms with Gasteiger partial charge in [-0.25, -0.2) is 4.85 Å². The first-order valence-electron chi connectivity index (χ1n) is 5.02. The van der Waals surface area contributed by atoms with Gasteiger partial charge in [-0.05, 0) is 18.6 Å². The highest BCUT2D eigenvalue weighted by Gasteiger charge is 2.05. The Morgan fingerprint density at radius 3 is 2.94 bits per heavy atom. The molecule has 0 fully saturated rings. The average molecular weight is 213 g/mol. The zero-order chi connectivity index (χ0) is 11.5. The third-order valence-corrected chi connectivity index (χ3v) is 2.39. The summed E-state index contributed by atoms with van der Waals surface area (Å²) in [5.74, 6) is 0. The molecule has 0 aliphatic rings. The van der Waals surface area contributed by atoms with E-state index in [-0.39, 0.29) is 5.56 Å². The van der Waals surface area contributed by atoms with Gasteiger partial charge < -0.3 is 0 Å². The molecule has 2 aromatic rings. The van der Waals surface area contributed by atoms with Crippen LogP contribution in [0.2, 0.25) is 0 Å². The molecule has 1 heterocycles. The number of H-pyrrole nitrogens is 1. The van der Waals surface area contributed by atoms with Crippen molar-refractivity contribution in [1.82, 2.24) is 9.78 Å². The van der Waals surface area contributed by atoms with Crippen LogP contribution in [0.5, 0.6) is 0 Å². The molecular formula is C12H11N3O. The summed E-state index contributed by atoms with van der Waals surface area (Å²) in [4.78, 5) is 14.6. The third-order valence-electron chi connectivity index (χ3n) is 2.39. The largest absolute Gasteiger partial charge is 0.285 e. The van der Waals surface area contributed by atoms with Gasteiger partial charge in [0.25, 0.3) is 5.56 Å². The van der Waals surface area contributed by atoms with Crippen molar-refractivity contribution >= 4 is 5.69 Å². The standard InChI is InChI=1S/C12H11N3O/c1-3-15-11(8-12(16)14-15)9-5-4-6-10(7-9)13-2/h4-8H,3H2,1H3,(H,14,16). The maximum Gasteiger partial charge on any atom is 0.264 e. The van der Waals surface area contributed by atoms with E-state index in [1.807, 2.05) is 19.1 Å². The molecule has 0 amide bonds. The number of benzene rings is 1. The van der Waals surface area contributed by atoms with Gasteiger partial charge in [-0.15, -0.1) is 0 Å². The van der Waals surface area contributed by atoms with Crippen LogP contribution < -0.4 is 5.56 Å². The molecule has 2 rings (SSSR count). The lowest BCUT2D eigenvalue weighted by molar-refractivity contribution is 0.660. The maximum absolute atomic E-state index is 11.3. The summed E-state index contributed by atoms with van der Waals surface area (Å²) >= 11 is 0. The quantitative estimate of drug-likeness (QED) is 0.765. The van der Waals surface area contributed by atoms with E-state index in [1.54, 1.807) is 22.9 Å². The van der Waals surface area contributed by atoms with Crippen LogP contribution in [0, 0.1) is 6.57 Å². The fraction of sp³-hybridized carbons (Fsp3) is 0.167. The molecule has 80 valence electrons. The van der Waals surface area contributed by atoms with Crippen molar-refractivity contribution in [2.75, 3.05) is 0 Å². The molecule has 16 heavy (non-hydrogen) atoms. The maximum atomic E-state index is 11.3. The minimum Gasteiger partial charge on any atom is -0.285 e. The molecule has 1 N–H and O–H groups in total. The van der Waals surface area contributed by atoms with Crippen molar-refractivity contribution in [3.8, 4) is 11.3 Å². The van der Waals surface area contributed by atoms with Crippen molar-refractivity contribution in [3.05, 3.63) is 52.1 Å². The number of rotatable bonds is 2. The van der Waals surface area contributed by atoms with E-state index in [4.69, 9.17) is 6.57 Å². The van der Waals surface area contributed by atoms with Crippen LogP contribution in [0.15, 0.2) is 35.1 Å². The first-order valence-corrected chi connectivity index (χ1v) is 5.02. The fourth-order valence-electron chi connectivity index (χ4n) is 1.65. The molecule has 0 aliphatic carbocycles. The Hall–Kier alpha value is -2.28. The van der Waals surface area contributed by atoms with Crippen LogP contribution in [0.1, 0.15) is 6.92 Å². The highest BCUT2D eigenvalue weighted by Crippen LogP contribution is 2.22. The molecule has 0 radical (unpaired) electrons. The average Bonchev–Trinajstić information content (AvgIpc) is 2.70. The van der Waals surface area contributed by atoms with Crippen LogP contribution in [0.4, 0.5) is 5.69 Å². The van der Waals surface area contributed by atoms with Gasteiger partial charge in [-0.2, -0.15) is 0 Å². The number of aromatic nitrogens is 2. The van der Waals surface area contributed by atoms with Crippen LogP contribution >= 0.6 is 0 Å². The van der Waals surface area contributed by atoms with Gasteiger partial charge in [0, 0.05) is 12.6 Å². The van der Waals surface area contributed by atoms with E-state index in [0.717, 1.165) is 11.3 Å². The summed E-state index contributed by atoms with van der Waals surface area (Å²) in [6.45, 7) is 9.61. The van der Waals surface area contributed by atoms with Crippen LogP contribution in [0.3, 0.4) is 0 Å². The lowest BCUT2D eigenvalue weighted by Gasteiger charge is -2.05. The molecule has 0 spiro atoms. The molecule has 0 saturated heterocycles. The van der Waals surface area contributed by atoms with Crippen molar-refractivity contribution in [2.24, 2.45) is 0 Å². The lowest BCUT2D eigenvalue weighted by Crippen LogP contribution is -2.04. The summed E-state index contributed by atoms with van der Waals surface area (Å²) in [5, 5.41) is 2.71. The summed E-state index contributed by atoms with van der Waals surface area (Å²) in [6, 6.07) is 8.79. The summed E-state index contributed by atoms with van der Waals surface area (Å²) in [6.07, 6.45) is 0. The molecule has 4 heteroatoms. The Kier molecular flexibility index (Phi) is 2.61. The molecule has 0 bridgehead atoms. The zero-order valence-electron chi connectivity index (χ0n) is 8.90. The van der Waals surface area contributed by atoms with Crippen molar-refractivity contribution in [3.63, 3.8) is 0 Å². The molecule has 0 aliphatic heterocycles.